The summed E-state index contributed by atoms with van der Waals surface area (Å²) in [5, 5.41) is 10.5. The van der Waals surface area contributed by atoms with Gasteiger partial charge in [-0.05, 0) is 31.2 Å². The summed E-state index contributed by atoms with van der Waals surface area (Å²) in [6, 6.07) is 7.46. The topological polar surface area (TPSA) is 84.1 Å². The molecule has 1 amide bonds. The van der Waals surface area contributed by atoms with Gasteiger partial charge in [-0.15, -0.1) is 0 Å². The van der Waals surface area contributed by atoms with Crippen LogP contribution in [0.3, 0.4) is 0 Å². The number of ether oxygens (including phenoxy) is 1. The van der Waals surface area contributed by atoms with Crippen LogP contribution >= 0.6 is 0 Å². The van der Waals surface area contributed by atoms with Gasteiger partial charge in [-0.1, -0.05) is 44.9 Å². The summed E-state index contributed by atoms with van der Waals surface area (Å²) in [7, 11) is 0. The van der Waals surface area contributed by atoms with Crippen molar-refractivity contribution in [3.05, 3.63) is 30.0 Å². The molecule has 2 N–H and O–H groups in total. The number of carbonyl (C=O) groups is 2. The molecule has 6 heteroatoms. The number of benzene rings is 1. The zero-order chi connectivity index (χ0) is 18.0. The molecule has 134 valence electrons. The summed E-state index contributed by atoms with van der Waals surface area (Å²) in [6.45, 7) is 5.98. The Morgan fingerprint density at radius 2 is 2.04 bits per heavy atom. The largest absolute Gasteiger partial charge is 0.448 e. The van der Waals surface area contributed by atoms with Crippen molar-refractivity contribution in [2.24, 2.45) is 11.8 Å². The standard InChI is InChI=1S/C19H25N3O3/c1-11-7-6-10-15(12(11)2)20-18(23)13(3)25-19(24)17-14-8-4-5-9-16(14)21-22-17/h4-5,8-9,11-13,15H,6-7,10H2,1-3H3,(H,20,23)(H,21,22)/t11-,12-,13-,15-/m1/s1. The van der Waals surface area contributed by atoms with Crippen LogP contribution in [0.4, 0.5) is 0 Å². The summed E-state index contributed by atoms with van der Waals surface area (Å²) in [5.74, 6) is 0.174. The van der Waals surface area contributed by atoms with Crippen LogP contribution in [0.15, 0.2) is 24.3 Å². The number of fused-ring (bicyclic) bond motifs is 1. The summed E-state index contributed by atoms with van der Waals surface area (Å²) in [6.07, 6.45) is 2.43. The number of carbonyl (C=O) groups excluding carboxylic acids is 2. The highest BCUT2D eigenvalue weighted by molar-refractivity contribution is 6.02. The lowest BCUT2D eigenvalue weighted by Gasteiger charge is -2.35. The number of aromatic nitrogens is 2. The van der Waals surface area contributed by atoms with Crippen molar-refractivity contribution in [3.8, 4) is 0 Å². The molecule has 1 saturated carbocycles. The van der Waals surface area contributed by atoms with E-state index in [1.54, 1.807) is 13.0 Å². The number of amides is 1. The smallest absolute Gasteiger partial charge is 0.360 e. The fraction of sp³-hybridized carbons (Fsp3) is 0.526. The Morgan fingerprint density at radius 3 is 2.84 bits per heavy atom. The monoisotopic (exact) mass is 343 g/mol. The fourth-order valence-electron chi connectivity index (χ4n) is 3.47. The summed E-state index contributed by atoms with van der Waals surface area (Å²) in [4.78, 5) is 24.8. The lowest BCUT2D eigenvalue weighted by Crippen LogP contribution is -2.47. The molecular formula is C19H25N3O3. The third kappa shape index (κ3) is 3.67. The van der Waals surface area contributed by atoms with Gasteiger partial charge in [0.15, 0.2) is 11.8 Å². The quantitative estimate of drug-likeness (QED) is 0.836. The first-order chi connectivity index (χ1) is 12.0. The normalized spacial score (nSPS) is 24.7. The van der Waals surface area contributed by atoms with Gasteiger partial charge >= 0.3 is 5.97 Å². The first kappa shape index (κ1) is 17.5. The van der Waals surface area contributed by atoms with Crippen molar-refractivity contribution in [2.75, 3.05) is 0 Å². The Balaban J connectivity index is 1.62. The molecule has 4 atom stereocenters. The number of H-pyrrole nitrogens is 1. The molecule has 1 aliphatic rings. The molecule has 1 aromatic heterocycles. The van der Waals surface area contributed by atoms with Crippen LogP contribution in [-0.2, 0) is 9.53 Å². The van der Waals surface area contributed by atoms with E-state index < -0.39 is 12.1 Å². The number of esters is 1. The van der Waals surface area contributed by atoms with E-state index >= 15 is 0 Å². The first-order valence-electron chi connectivity index (χ1n) is 8.92. The highest BCUT2D eigenvalue weighted by atomic mass is 16.5. The molecule has 2 aromatic rings. The van der Waals surface area contributed by atoms with E-state index in [-0.39, 0.29) is 17.6 Å². The van der Waals surface area contributed by atoms with E-state index in [1.165, 1.54) is 6.42 Å². The Labute approximate surface area is 147 Å². The van der Waals surface area contributed by atoms with Crippen molar-refractivity contribution in [3.63, 3.8) is 0 Å². The molecular weight excluding hydrogens is 318 g/mol. The fourth-order valence-corrected chi connectivity index (χ4v) is 3.47. The van der Waals surface area contributed by atoms with Gasteiger partial charge in [-0.25, -0.2) is 4.79 Å². The van der Waals surface area contributed by atoms with E-state index in [0.29, 0.717) is 17.2 Å². The number of aromatic amines is 1. The number of nitrogens with zero attached hydrogens (tertiary/aromatic N) is 1. The number of hydrogen-bond donors (Lipinski definition) is 2. The van der Waals surface area contributed by atoms with Crippen molar-refractivity contribution < 1.29 is 14.3 Å². The lowest BCUT2D eigenvalue weighted by molar-refractivity contribution is -0.130. The van der Waals surface area contributed by atoms with Crippen LogP contribution in [0, 0.1) is 11.8 Å². The van der Waals surface area contributed by atoms with Crippen LogP contribution in [-0.4, -0.2) is 34.2 Å². The van der Waals surface area contributed by atoms with Gasteiger partial charge in [-0.2, -0.15) is 5.10 Å². The minimum atomic E-state index is -0.854. The highest BCUT2D eigenvalue weighted by Crippen LogP contribution is 2.29. The first-order valence-corrected chi connectivity index (χ1v) is 8.92. The second kappa shape index (κ2) is 7.25. The maximum atomic E-state index is 12.4. The van der Waals surface area contributed by atoms with Crippen LogP contribution in [0.25, 0.3) is 10.9 Å². The predicted molar refractivity (Wildman–Crippen MR) is 95.1 cm³/mol. The van der Waals surface area contributed by atoms with Crippen LogP contribution in [0.2, 0.25) is 0 Å². The molecule has 1 aliphatic carbocycles. The molecule has 3 rings (SSSR count). The molecule has 0 aliphatic heterocycles. The lowest BCUT2D eigenvalue weighted by atomic mass is 9.78. The van der Waals surface area contributed by atoms with Crippen LogP contribution in [0.5, 0.6) is 0 Å². The Hall–Kier alpha value is -2.37. The molecule has 0 radical (unpaired) electrons. The zero-order valence-electron chi connectivity index (χ0n) is 14.9. The minimum absolute atomic E-state index is 0.142. The molecule has 0 bridgehead atoms. The van der Waals surface area contributed by atoms with Crippen molar-refractivity contribution in [1.29, 1.82) is 0 Å². The molecule has 1 aromatic carbocycles. The number of rotatable bonds is 4. The van der Waals surface area contributed by atoms with E-state index in [2.05, 4.69) is 29.4 Å². The van der Waals surface area contributed by atoms with Crippen molar-refractivity contribution in [2.45, 2.75) is 52.2 Å². The molecule has 25 heavy (non-hydrogen) atoms. The highest BCUT2D eigenvalue weighted by Gasteiger charge is 2.30. The van der Waals surface area contributed by atoms with E-state index in [0.717, 1.165) is 18.4 Å². The third-order valence-electron chi connectivity index (χ3n) is 5.35. The SMILES string of the molecule is C[C@@H]1[C@H](C)CCC[C@H]1NC(=O)[C@@H](C)OC(=O)c1n[nH]c2ccccc12. The average molecular weight is 343 g/mol. The molecule has 0 unspecified atom stereocenters. The maximum absolute atomic E-state index is 12.4. The number of hydrogen-bond acceptors (Lipinski definition) is 4. The van der Waals surface area contributed by atoms with Gasteiger partial charge in [0, 0.05) is 11.4 Å². The molecule has 6 nitrogen and oxygen atoms in total. The number of nitrogens with one attached hydrogen (secondary N) is 2. The Bertz CT molecular complexity index is 770. The summed E-state index contributed by atoms with van der Waals surface area (Å²) in [5.41, 5.74) is 0.964. The van der Waals surface area contributed by atoms with Gasteiger partial charge in [0.25, 0.3) is 5.91 Å². The van der Waals surface area contributed by atoms with Gasteiger partial charge in [0.1, 0.15) is 0 Å². The van der Waals surface area contributed by atoms with Gasteiger partial charge in [0.2, 0.25) is 0 Å². The van der Waals surface area contributed by atoms with E-state index in [9.17, 15) is 9.59 Å². The molecule has 0 spiro atoms. The molecule has 1 heterocycles. The Kier molecular flexibility index (Phi) is 5.06. The second-order valence-electron chi connectivity index (χ2n) is 7.05. The minimum Gasteiger partial charge on any atom is -0.448 e. The summed E-state index contributed by atoms with van der Waals surface area (Å²) < 4.78 is 5.33. The van der Waals surface area contributed by atoms with Crippen molar-refractivity contribution in [1.82, 2.24) is 15.5 Å². The number of para-hydroxylation sites is 1. The van der Waals surface area contributed by atoms with E-state index in [1.807, 2.05) is 18.2 Å². The molecule has 0 saturated heterocycles. The van der Waals surface area contributed by atoms with Gasteiger partial charge in [0.05, 0.1) is 5.52 Å². The van der Waals surface area contributed by atoms with Crippen LogP contribution in [0.1, 0.15) is 50.5 Å². The molecule has 1 fully saturated rings. The van der Waals surface area contributed by atoms with Crippen molar-refractivity contribution >= 4 is 22.8 Å². The second-order valence-corrected chi connectivity index (χ2v) is 7.05. The van der Waals surface area contributed by atoms with Gasteiger partial charge in [-0.3, -0.25) is 9.89 Å². The zero-order valence-corrected chi connectivity index (χ0v) is 14.9. The summed E-state index contributed by atoms with van der Waals surface area (Å²) >= 11 is 0. The van der Waals surface area contributed by atoms with Crippen LogP contribution < -0.4 is 5.32 Å². The maximum Gasteiger partial charge on any atom is 0.360 e. The van der Waals surface area contributed by atoms with Gasteiger partial charge < -0.3 is 10.1 Å². The van der Waals surface area contributed by atoms with E-state index in [4.69, 9.17) is 4.74 Å². The average Bonchev–Trinajstić information content (AvgIpc) is 3.03. The third-order valence-corrected chi connectivity index (χ3v) is 5.35. The predicted octanol–water partition coefficient (Wildman–Crippen LogP) is 3.05. The Morgan fingerprint density at radius 1 is 1.28 bits per heavy atom.